The lowest BCUT2D eigenvalue weighted by molar-refractivity contribution is 0.794. The van der Waals surface area contributed by atoms with Crippen molar-refractivity contribution in [1.29, 1.82) is 0 Å². The van der Waals surface area contributed by atoms with Crippen molar-refractivity contribution in [3.63, 3.8) is 0 Å². The van der Waals surface area contributed by atoms with Gasteiger partial charge >= 0.3 is 0 Å². The predicted molar refractivity (Wildman–Crippen MR) is 208 cm³/mol. The van der Waals surface area contributed by atoms with E-state index in [1.807, 2.05) is 0 Å². The number of rotatable bonds is 1. The van der Waals surface area contributed by atoms with Crippen molar-refractivity contribution >= 4 is 43.4 Å². The fourth-order valence-electron chi connectivity index (χ4n) is 9.43. The molecule has 1 heteroatoms. The monoisotopic (exact) mass is 623 g/mol. The number of aryl methyl sites for hydroxylation is 1. The highest BCUT2D eigenvalue weighted by Gasteiger charge is 2.51. The highest BCUT2D eigenvalue weighted by atomic mass is 14.9. The first-order chi connectivity index (χ1) is 24.3. The van der Waals surface area contributed by atoms with Crippen molar-refractivity contribution in [2.75, 3.05) is 0 Å². The quantitative estimate of drug-likeness (QED) is 0.127. The first kappa shape index (κ1) is 27.9. The van der Waals surface area contributed by atoms with Crippen LogP contribution in [-0.4, -0.2) is 4.57 Å². The second-order valence-electron chi connectivity index (χ2n) is 13.2. The predicted octanol–water partition coefficient (Wildman–Crippen LogP) is 12.5. The second kappa shape index (κ2) is 10.2. The molecule has 0 fully saturated rings. The van der Waals surface area contributed by atoms with Gasteiger partial charge in [0.15, 0.2) is 0 Å². The average molecular weight is 624 g/mol. The van der Waals surface area contributed by atoms with Gasteiger partial charge in [0.25, 0.3) is 0 Å². The van der Waals surface area contributed by atoms with Crippen LogP contribution in [0.5, 0.6) is 0 Å². The van der Waals surface area contributed by atoms with Gasteiger partial charge in [-0.2, -0.15) is 0 Å². The van der Waals surface area contributed by atoms with Gasteiger partial charge in [0.05, 0.1) is 10.9 Å². The van der Waals surface area contributed by atoms with Crippen LogP contribution in [0, 0.1) is 0 Å². The molecule has 230 valence electrons. The summed E-state index contributed by atoms with van der Waals surface area (Å²) in [6.07, 6.45) is 0. The Balaban J connectivity index is 0.00000150. The van der Waals surface area contributed by atoms with Crippen molar-refractivity contribution in [3.05, 3.63) is 193 Å². The van der Waals surface area contributed by atoms with E-state index in [0.717, 1.165) is 0 Å². The van der Waals surface area contributed by atoms with Gasteiger partial charge in [-0.3, -0.25) is 0 Å². The molecular formula is C48H33N. The standard InChI is InChI=1S/C46H29N.C2H4/c1-47-42-24-12-20-29(43(42)44-36-18-4-2-13-30(36)31-14-3-5-19-37(31)45(44)47)28-25-26-35-34-17-8-11-23-40(34)46(41(35)27-28)38-21-9-6-15-32(38)33-16-7-10-22-39(33)46;1-2/h2-27H,1H3;1-2H2. The molecule has 0 aliphatic heterocycles. The fourth-order valence-corrected chi connectivity index (χ4v) is 9.43. The summed E-state index contributed by atoms with van der Waals surface area (Å²) in [6, 6.07) is 59.1. The van der Waals surface area contributed by atoms with Crippen LogP contribution in [0.25, 0.3) is 76.7 Å². The number of hydrogen-bond acceptors (Lipinski definition) is 0. The summed E-state index contributed by atoms with van der Waals surface area (Å²) in [7, 11) is 2.23. The lowest BCUT2D eigenvalue weighted by atomic mass is 9.70. The number of aromatic nitrogens is 1. The lowest BCUT2D eigenvalue weighted by Crippen LogP contribution is -2.25. The topological polar surface area (TPSA) is 4.93 Å². The van der Waals surface area contributed by atoms with Gasteiger partial charge in [-0.25, -0.2) is 0 Å². The molecule has 8 aromatic carbocycles. The number of hydrogen-bond donors (Lipinski definition) is 0. The Morgan fingerprint density at radius 1 is 0.408 bits per heavy atom. The minimum Gasteiger partial charge on any atom is -0.343 e. The maximum Gasteiger partial charge on any atom is 0.0725 e. The van der Waals surface area contributed by atoms with Crippen LogP contribution in [0.3, 0.4) is 0 Å². The summed E-state index contributed by atoms with van der Waals surface area (Å²) >= 11 is 0. The molecule has 1 aromatic heterocycles. The van der Waals surface area contributed by atoms with E-state index in [1.54, 1.807) is 0 Å². The van der Waals surface area contributed by atoms with Gasteiger partial charge in [0.1, 0.15) is 0 Å². The lowest BCUT2D eigenvalue weighted by Gasteiger charge is -2.30. The summed E-state index contributed by atoms with van der Waals surface area (Å²) in [4.78, 5) is 0. The van der Waals surface area contributed by atoms with Gasteiger partial charge < -0.3 is 4.57 Å². The molecule has 0 bridgehead atoms. The van der Waals surface area contributed by atoms with E-state index in [2.05, 4.69) is 182 Å². The number of nitrogens with zero attached hydrogens (tertiary/aromatic N) is 1. The second-order valence-corrected chi connectivity index (χ2v) is 13.2. The van der Waals surface area contributed by atoms with Crippen LogP contribution in [0.2, 0.25) is 0 Å². The zero-order valence-electron chi connectivity index (χ0n) is 27.4. The van der Waals surface area contributed by atoms with Gasteiger partial charge in [-0.15, -0.1) is 13.2 Å². The van der Waals surface area contributed by atoms with Crippen LogP contribution in [-0.2, 0) is 12.5 Å². The van der Waals surface area contributed by atoms with E-state index >= 15 is 0 Å². The SMILES string of the molecule is C=C.Cn1c2cccc(-c3ccc4c(c3)C3(c5ccccc5-c5ccccc53)c3ccccc3-4)c2c2c3ccccc3c3ccccc3c21. The summed E-state index contributed by atoms with van der Waals surface area (Å²) < 4.78 is 2.41. The van der Waals surface area contributed by atoms with Crippen molar-refractivity contribution in [3.8, 4) is 33.4 Å². The van der Waals surface area contributed by atoms with Crippen LogP contribution in [0.4, 0.5) is 0 Å². The van der Waals surface area contributed by atoms with Crippen molar-refractivity contribution in [2.45, 2.75) is 5.41 Å². The highest BCUT2D eigenvalue weighted by Crippen LogP contribution is 2.63. The zero-order valence-corrected chi connectivity index (χ0v) is 27.4. The Kier molecular flexibility index (Phi) is 5.78. The van der Waals surface area contributed by atoms with Gasteiger partial charge in [0.2, 0.25) is 0 Å². The van der Waals surface area contributed by atoms with Crippen LogP contribution >= 0.6 is 0 Å². The Labute approximate surface area is 286 Å². The first-order valence-electron chi connectivity index (χ1n) is 17.0. The molecular weight excluding hydrogens is 591 g/mol. The third kappa shape index (κ3) is 3.39. The van der Waals surface area contributed by atoms with Crippen LogP contribution in [0.15, 0.2) is 171 Å². The van der Waals surface area contributed by atoms with Crippen LogP contribution < -0.4 is 0 Å². The molecule has 1 spiro atoms. The molecule has 1 nitrogen and oxygen atoms in total. The smallest absolute Gasteiger partial charge is 0.0725 e. The molecule has 0 atom stereocenters. The highest BCUT2D eigenvalue weighted by molar-refractivity contribution is 6.33. The van der Waals surface area contributed by atoms with E-state index < -0.39 is 0 Å². The Bertz CT molecular complexity index is 2770. The third-order valence-electron chi connectivity index (χ3n) is 11.2. The zero-order chi connectivity index (χ0) is 32.9. The van der Waals surface area contributed by atoms with Crippen molar-refractivity contribution < 1.29 is 0 Å². The summed E-state index contributed by atoms with van der Waals surface area (Å²) in [6.45, 7) is 6.00. The fraction of sp³-hybridized carbons (Fsp3) is 0.0417. The average Bonchev–Trinajstić information content (AvgIpc) is 3.77. The normalized spacial score (nSPS) is 13.3. The third-order valence-corrected chi connectivity index (χ3v) is 11.2. The minimum atomic E-state index is -0.356. The summed E-state index contributed by atoms with van der Waals surface area (Å²) in [5, 5.41) is 7.88. The van der Waals surface area contributed by atoms with E-state index in [1.165, 1.54) is 99.0 Å². The molecule has 0 amide bonds. The molecule has 1 heterocycles. The molecule has 2 aliphatic carbocycles. The molecule has 2 aliphatic rings. The maximum atomic E-state index is 3.00. The molecule has 0 unspecified atom stereocenters. The van der Waals surface area contributed by atoms with Gasteiger partial charge in [-0.05, 0) is 83.9 Å². The van der Waals surface area contributed by atoms with E-state index in [-0.39, 0.29) is 5.41 Å². The Morgan fingerprint density at radius 3 is 1.49 bits per heavy atom. The summed E-state index contributed by atoms with van der Waals surface area (Å²) in [5.41, 5.74) is 15.6. The van der Waals surface area contributed by atoms with Gasteiger partial charge in [0, 0.05) is 28.7 Å². The van der Waals surface area contributed by atoms with Crippen LogP contribution in [0.1, 0.15) is 22.3 Å². The molecule has 0 N–H and O–H groups in total. The Morgan fingerprint density at radius 2 is 0.878 bits per heavy atom. The number of benzene rings is 8. The summed E-state index contributed by atoms with van der Waals surface area (Å²) in [5.74, 6) is 0. The van der Waals surface area contributed by atoms with E-state index in [4.69, 9.17) is 0 Å². The molecule has 0 radical (unpaired) electrons. The first-order valence-corrected chi connectivity index (χ1v) is 17.0. The van der Waals surface area contributed by atoms with Crippen molar-refractivity contribution in [2.24, 2.45) is 7.05 Å². The maximum absolute atomic E-state index is 3.00. The minimum absolute atomic E-state index is 0.356. The van der Waals surface area contributed by atoms with Gasteiger partial charge in [-0.1, -0.05) is 146 Å². The van der Waals surface area contributed by atoms with Crippen molar-refractivity contribution in [1.82, 2.24) is 4.57 Å². The molecule has 11 rings (SSSR count). The number of fused-ring (bicyclic) bond motifs is 18. The molecule has 0 saturated carbocycles. The Hall–Kier alpha value is -6.18. The van der Waals surface area contributed by atoms with E-state index in [9.17, 15) is 0 Å². The molecule has 0 saturated heterocycles. The molecule has 9 aromatic rings. The molecule has 49 heavy (non-hydrogen) atoms. The largest absolute Gasteiger partial charge is 0.343 e. The van der Waals surface area contributed by atoms with E-state index in [0.29, 0.717) is 0 Å².